The van der Waals surface area contributed by atoms with E-state index in [0.717, 1.165) is 0 Å². The average Bonchev–Trinajstić information content (AvgIpc) is 2.71. The van der Waals surface area contributed by atoms with Crippen LogP contribution in [0.25, 0.3) is 0 Å². The van der Waals surface area contributed by atoms with Gasteiger partial charge in [-0.3, -0.25) is 9.59 Å². The SMILES string of the molecule is CCN(CCC(=O)O)C(=O)c1ccc([N+](=O)[O-])n1C. The van der Waals surface area contributed by atoms with E-state index in [4.69, 9.17) is 5.11 Å². The van der Waals surface area contributed by atoms with E-state index < -0.39 is 16.8 Å². The summed E-state index contributed by atoms with van der Waals surface area (Å²) in [5.41, 5.74) is 0.166. The van der Waals surface area contributed by atoms with Gasteiger partial charge in [-0.15, -0.1) is 0 Å². The maximum absolute atomic E-state index is 12.1. The van der Waals surface area contributed by atoms with Crippen LogP contribution in [0.3, 0.4) is 0 Å². The summed E-state index contributed by atoms with van der Waals surface area (Å²) in [5, 5.41) is 19.3. The van der Waals surface area contributed by atoms with Crippen LogP contribution >= 0.6 is 0 Å². The van der Waals surface area contributed by atoms with Crippen molar-refractivity contribution in [3.63, 3.8) is 0 Å². The second-order valence-corrected chi connectivity index (χ2v) is 3.92. The van der Waals surface area contributed by atoms with Crippen LogP contribution in [0.15, 0.2) is 12.1 Å². The van der Waals surface area contributed by atoms with Gasteiger partial charge in [0.25, 0.3) is 5.91 Å². The highest BCUT2D eigenvalue weighted by molar-refractivity contribution is 5.93. The highest BCUT2D eigenvalue weighted by Gasteiger charge is 2.24. The Kier molecular flexibility index (Phi) is 4.62. The summed E-state index contributed by atoms with van der Waals surface area (Å²) in [4.78, 5) is 34.1. The Morgan fingerprint density at radius 1 is 1.47 bits per heavy atom. The van der Waals surface area contributed by atoms with Crippen molar-refractivity contribution in [1.29, 1.82) is 0 Å². The summed E-state index contributed by atoms with van der Waals surface area (Å²) in [6.07, 6.45) is -0.161. The fraction of sp³-hybridized carbons (Fsp3) is 0.455. The molecule has 1 N–H and O–H groups in total. The highest BCUT2D eigenvalue weighted by Crippen LogP contribution is 2.16. The van der Waals surface area contributed by atoms with Crippen molar-refractivity contribution >= 4 is 17.7 Å². The first-order valence-corrected chi connectivity index (χ1v) is 5.69. The van der Waals surface area contributed by atoms with E-state index in [1.54, 1.807) is 6.92 Å². The zero-order valence-electron chi connectivity index (χ0n) is 10.7. The second kappa shape index (κ2) is 5.98. The van der Waals surface area contributed by atoms with Gasteiger partial charge in [0.1, 0.15) is 0 Å². The van der Waals surface area contributed by atoms with Crippen molar-refractivity contribution in [2.45, 2.75) is 13.3 Å². The molecule has 0 fully saturated rings. The zero-order chi connectivity index (χ0) is 14.6. The lowest BCUT2D eigenvalue weighted by molar-refractivity contribution is -0.391. The summed E-state index contributed by atoms with van der Waals surface area (Å²) < 4.78 is 1.19. The van der Waals surface area contributed by atoms with Gasteiger partial charge in [-0.1, -0.05) is 0 Å². The van der Waals surface area contributed by atoms with Crippen molar-refractivity contribution in [3.05, 3.63) is 27.9 Å². The third kappa shape index (κ3) is 3.30. The van der Waals surface area contributed by atoms with E-state index in [0.29, 0.717) is 6.54 Å². The number of carboxylic acids is 1. The van der Waals surface area contributed by atoms with Gasteiger partial charge in [0.05, 0.1) is 13.5 Å². The Balaban J connectivity index is 2.91. The maximum Gasteiger partial charge on any atom is 0.323 e. The topological polar surface area (TPSA) is 106 Å². The van der Waals surface area contributed by atoms with E-state index >= 15 is 0 Å². The van der Waals surface area contributed by atoms with Gasteiger partial charge in [-0.2, -0.15) is 0 Å². The number of aliphatic carboxylic acids is 1. The lowest BCUT2D eigenvalue weighted by Gasteiger charge is -2.18. The molecule has 0 saturated heterocycles. The van der Waals surface area contributed by atoms with Crippen molar-refractivity contribution in [2.75, 3.05) is 13.1 Å². The van der Waals surface area contributed by atoms with Gasteiger partial charge < -0.3 is 20.1 Å². The van der Waals surface area contributed by atoms with Crippen molar-refractivity contribution in [3.8, 4) is 0 Å². The van der Waals surface area contributed by atoms with Gasteiger partial charge in [0, 0.05) is 19.2 Å². The molecule has 0 atom stereocenters. The van der Waals surface area contributed by atoms with E-state index in [9.17, 15) is 19.7 Å². The van der Waals surface area contributed by atoms with Gasteiger partial charge >= 0.3 is 11.8 Å². The van der Waals surface area contributed by atoms with Crippen LogP contribution in [0.5, 0.6) is 0 Å². The summed E-state index contributed by atoms with van der Waals surface area (Å²) >= 11 is 0. The molecule has 8 heteroatoms. The zero-order valence-corrected chi connectivity index (χ0v) is 10.7. The molecular formula is C11H15N3O5. The molecule has 104 valence electrons. The molecule has 1 heterocycles. The third-order valence-electron chi connectivity index (χ3n) is 2.77. The molecule has 0 bridgehead atoms. The molecule has 8 nitrogen and oxygen atoms in total. The Labute approximate surface area is 109 Å². The monoisotopic (exact) mass is 269 g/mol. The molecule has 1 rings (SSSR count). The molecule has 1 aromatic heterocycles. The maximum atomic E-state index is 12.1. The van der Waals surface area contributed by atoms with E-state index in [1.165, 1.54) is 28.6 Å². The van der Waals surface area contributed by atoms with E-state index in [2.05, 4.69) is 0 Å². The number of carbonyl (C=O) groups excluding carboxylic acids is 1. The summed E-state index contributed by atoms with van der Waals surface area (Å²) in [5.74, 6) is -1.60. The van der Waals surface area contributed by atoms with Crippen molar-refractivity contribution < 1.29 is 19.6 Å². The van der Waals surface area contributed by atoms with Crippen LogP contribution in [-0.4, -0.2) is 44.5 Å². The Bertz CT molecular complexity index is 508. The van der Waals surface area contributed by atoms with Crippen LogP contribution < -0.4 is 0 Å². The van der Waals surface area contributed by atoms with Crippen molar-refractivity contribution in [2.24, 2.45) is 7.05 Å². The summed E-state index contributed by atoms with van der Waals surface area (Å²) in [6.45, 7) is 2.13. The normalized spacial score (nSPS) is 10.2. The fourth-order valence-electron chi connectivity index (χ4n) is 1.69. The minimum absolute atomic E-state index is 0.0731. The lowest BCUT2D eigenvalue weighted by Crippen LogP contribution is -2.34. The molecule has 0 aliphatic heterocycles. The first kappa shape index (κ1) is 14.7. The molecule has 1 amide bonds. The molecule has 0 aromatic carbocycles. The number of carboxylic acid groups (broad SMARTS) is 1. The van der Waals surface area contributed by atoms with Crippen LogP contribution in [-0.2, 0) is 11.8 Å². The minimum Gasteiger partial charge on any atom is -0.481 e. The van der Waals surface area contributed by atoms with Crippen molar-refractivity contribution in [1.82, 2.24) is 9.47 Å². The predicted molar refractivity (Wildman–Crippen MR) is 65.9 cm³/mol. The molecule has 0 aliphatic rings. The average molecular weight is 269 g/mol. The molecule has 19 heavy (non-hydrogen) atoms. The van der Waals surface area contributed by atoms with Gasteiger partial charge in [-0.25, -0.2) is 4.57 Å². The second-order valence-electron chi connectivity index (χ2n) is 3.92. The quantitative estimate of drug-likeness (QED) is 0.609. The van der Waals surface area contributed by atoms with Gasteiger partial charge in [-0.05, 0) is 17.9 Å². The number of hydrogen-bond acceptors (Lipinski definition) is 4. The first-order valence-electron chi connectivity index (χ1n) is 5.69. The van der Waals surface area contributed by atoms with Crippen LogP contribution in [0.4, 0.5) is 5.82 Å². The predicted octanol–water partition coefficient (Wildman–Crippen LogP) is 0.870. The van der Waals surface area contributed by atoms with E-state index in [-0.39, 0.29) is 24.5 Å². The smallest absolute Gasteiger partial charge is 0.323 e. The number of hydrogen-bond donors (Lipinski definition) is 1. The fourth-order valence-corrected chi connectivity index (χ4v) is 1.69. The summed E-state index contributed by atoms with van der Waals surface area (Å²) in [6, 6.07) is 2.61. The van der Waals surface area contributed by atoms with Gasteiger partial charge in [0.15, 0.2) is 5.69 Å². The third-order valence-corrected chi connectivity index (χ3v) is 2.77. The number of nitro groups is 1. The lowest BCUT2D eigenvalue weighted by atomic mass is 10.3. The number of aromatic nitrogens is 1. The highest BCUT2D eigenvalue weighted by atomic mass is 16.6. The Hall–Kier alpha value is -2.38. The minimum atomic E-state index is -0.996. The van der Waals surface area contributed by atoms with Crippen LogP contribution in [0.2, 0.25) is 0 Å². The first-order chi connectivity index (χ1) is 8.88. The molecule has 0 saturated carbocycles. The molecule has 0 aliphatic carbocycles. The molecule has 0 radical (unpaired) electrons. The molecule has 0 spiro atoms. The van der Waals surface area contributed by atoms with Gasteiger partial charge in [0.2, 0.25) is 0 Å². The largest absolute Gasteiger partial charge is 0.481 e. The summed E-state index contributed by atoms with van der Waals surface area (Å²) in [7, 11) is 1.43. The molecule has 1 aromatic rings. The number of nitrogens with zero attached hydrogens (tertiary/aromatic N) is 3. The van der Waals surface area contributed by atoms with E-state index in [1.807, 2.05) is 0 Å². The number of amides is 1. The molecular weight excluding hydrogens is 254 g/mol. The number of carbonyl (C=O) groups is 2. The van der Waals surface area contributed by atoms with Crippen LogP contribution in [0.1, 0.15) is 23.8 Å². The Morgan fingerprint density at radius 2 is 2.11 bits per heavy atom. The standard InChI is InChI=1S/C11H15N3O5/c1-3-13(7-6-10(15)16)11(17)8-4-5-9(12(8)2)14(18)19/h4-5H,3,6-7H2,1-2H3,(H,15,16). The number of rotatable bonds is 6. The Morgan fingerprint density at radius 3 is 2.53 bits per heavy atom. The molecule has 0 unspecified atom stereocenters. The van der Waals surface area contributed by atoms with Crippen LogP contribution in [0, 0.1) is 10.1 Å².